The summed E-state index contributed by atoms with van der Waals surface area (Å²) in [5.41, 5.74) is 1.16. The highest BCUT2D eigenvalue weighted by atomic mass is 19.1. The van der Waals surface area contributed by atoms with E-state index in [1.54, 1.807) is 43.3 Å². The highest BCUT2D eigenvalue weighted by molar-refractivity contribution is 5.86. The molecule has 11 heteroatoms. The third kappa shape index (κ3) is 5.55. The molecule has 10 nitrogen and oxygen atoms in total. The Morgan fingerprint density at radius 3 is 2.56 bits per heavy atom. The summed E-state index contributed by atoms with van der Waals surface area (Å²) >= 11 is 0. The minimum atomic E-state index is -0.594. The molecule has 0 aliphatic rings. The first-order chi connectivity index (χ1) is 20.9. The molecule has 0 amide bonds. The number of hydrogen-bond donors (Lipinski definition) is 0. The van der Waals surface area contributed by atoms with Crippen LogP contribution >= 0.6 is 0 Å². The van der Waals surface area contributed by atoms with Gasteiger partial charge in [-0.15, -0.1) is 0 Å². The number of nitro groups is 1. The molecular weight excluding hydrogens is 555 g/mol. The Morgan fingerprint density at radius 2 is 1.79 bits per heavy atom. The molecule has 0 N–H and O–H groups in total. The minimum absolute atomic E-state index is 0.0480. The number of furan rings is 1. The number of para-hydroxylation sites is 2. The van der Waals surface area contributed by atoms with Gasteiger partial charge in [-0.1, -0.05) is 42.5 Å². The summed E-state index contributed by atoms with van der Waals surface area (Å²) in [5.74, 6) is 0.113. The van der Waals surface area contributed by atoms with Gasteiger partial charge in [-0.3, -0.25) is 14.9 Å². The topological polar surface area (TPSA) is 122 Å². The van der Waals surface area contributed by atoms with Gasteiger partial charge in [-0.25, -0.2) is 9.37 Å². The van der Waals surface area contributed by atoms with E-state index in [1.807, 2.05) is 18.2 Å². The highest BCUT2D eigenvalue weighted by Crippen LogP contribution is 2.39. The molecule has 214 valence electrons. The van der Waals surface area contributed by atoms with Crippen molar-refractivity contribution in [3.05, 3.63) is 128 Å². The first-order valence-electron chi connectivity index (χ1n) is 13.3. The van der Waals surface area contributed by atoms with Crippen LogP contribution < -0.4 is 15.0 Å². The maximum absolute atomic E-state index is 13.6. The second-order valence-electron chi connectivity index (χ2n) is 9.44. The van der Waals surface area contributed by atoms with Crippen LogP contribution in [0.3, 0.4) is 0 Å². The Hall–Kier alpha value is -5.84. The quantitative estimate of drug-likeness (QED) is 0.106. The molecule has 0 atom stereocenters. The summed E-state index contributed by atoms with van der Waals surface area (Å²) < 4.78 is 31.9. The Balaban J connectivity index is 1.44. The zero-order chi connectivity index (χ0) is 29.9. The van der Waals surface area contributed by atoms with E-state index in [1.165, 1.54) is 42.6 Å². The number of benzene rings is 4. The van der Waals surface area contributed by atoms with Crippen LogP contribution in [-0.2, 0) is 6.61 Å². The Bertz CT molecular complexity index is 2030. The number of nitro benzene ring substituents is 1. The van der Waals surface area contributed by atoms with E-state index in [0.29, 0.717) is 27.8 Å². The number of fused-ring (bicyclic) bond motifs is 2. The van der Waals surface area contributed by atoms with Crippen LogP contribution in [0, 0.1) is 15.9 Å². The molecular formula is C32H23FN4O6. The van der Waals surface area contributed by atoms with Gasteiger partial charge in [0.05, 0.1) is 28.6 Å². The summed E-state index contributed by atoms with van der Waals surface area (Å²) in [4.78, 5) is 29.7. The van der Waals surface area contributed by atoms with Crippen LogP contribution in [0.15, 0.2) is 105 Å². The van der Waals surface area contributed by atoms with Crippen LogP contribution in [0.2, 0.25) is 0 Å². The molecule has 0 unspecified atom stereocenters. The molecule has 43 heavy (non-hydrogen) atoms. The van der Waals surface area contributed by atoms with Gasteiger partial charge in [0, 0.05) is 17.0 Å². The lowest BCUT2D eigenvalue weighted by atomic mass is 10.1. The van der Waals surface area contributed by atoms with Crippen molar-refractivity contribution in [1.82, 2.24) is 9.66 Å². The van der Waals surface area contributed by atoms with E-state index in [0.717, 1.165) is 10.1 Å². The molecule has 6 rings (SSSR count). The Morgan fingerprint density at radius 1 is 1.02 bits per heavy atom. The minimum Gasteiger partial charge on any atom is -0.490 e. The third-order valence-electron chi connectivity index (χ3n) is 6.57. The van der Waals surface area contributed by atoms with E-state index in [-0.39, 0.29) is 41.8 Å². The molecule has 0 fully saturated rings. The van der Waals surface area contributed by atoms with Gasteiger partial charge in [-0.2, -0.15) is 9.78 Å². The van der Waals surface area contributed by atoms with Crippen molar-refractivity contribution >= 4 is 33.8 Å². The average Bonchev–Trinajstić information content (AvgIpc) is 3.45. The van der Waals surface area contributed by atoms with Crippen molar-refractivity contribution in [3.8, 4) is 23.1 Å². The summed E-state index contributed by atoms with van der Waals surface area (Å²) in [7, 11) is 0. The third-order valence-corrected chi connectivity index (χ3v) is 6.57. The maximum atomic E-state index is 13.6. The summed E-state index contributed by atoms with van der Waals surface area (Å²) in [6.45, 7) is 1.89. The molecule has 0 spiro atoms. The first kappa shape index (κ1) is 27.3. The smallest absolute Gasteiger partial charge is 0.315 e. The monoisotopic (exact) mass is 578 g/mol. The van der Waals surface area contributed by atoms with Crippen LogP contribution in [0.4, 0.5) is 10.1 Å². The average molecular weight is 579 g/mol. The van der Waals surface area contributed by atoms with E-state index in [2.05, 4.69) is 10.1 Å². The van der Waals surface area contributed by atoms with Crippen LogP contribution in [-0.4, -0.2) is 27.4 Å². The molecule has 6 aromatic rings. The summed E-state index contributed by atoms with van der Waals surface area (Å²) in [6.07, 6.45) is 1.31. The number of ether oxygens (including phenoxy) is 2. The second-order valence-corrected chi connectivity index (χ2v) is 9.44. The van der Waals surface area contributed by atoms with E-state index in [9.17, 15) is 19.3 Å². The van der Waals surface area contributed by atoms with Gasteiger partial charge < -0.3 is 13.9 Å². The molecule has 2 heterocycles. The zero-order valence-electron chi connectivity index (χ0n) is 22.8. The molecule has 0 saturated carbocycles. The standard InChI is InChI=1S/C32H23FN4O6/c1-2-41-28-16-21(15-26(37(39)40)30(28)42-19-20-11-13-23(33)14-12-20)18-34-36-31(29-17-22-7-3-6-10-27(22)43-29)35-25-9-5-4-8-24(25)32(36)38/h3-18H,2,19H2,1H3. The van der Waals surface area contributed by atoms with Gasteiger partial charge >= 0.3 is 5.69 Å². The van der Waals surface area contributed by atoms with Gasteiger partial charge in [0.15, 0.2) is 11.5 Å². The molecule has 0 bridgehead atoms. The maximum Gasteiger partial charge on any atom is 0.315 e. The van der Waals surface area contributed by atoms with Crippen molar-refractivity contribution in [1.29, 1.82) is 0 Å². The van der Waals surface area contributed by atoms with E-state index >= 15 is 0 Å². The van der Waals surface area contributed by atoms with Crippen LogP contribution in [0.25, 0.3) is 33.5 Å². The van der Waals surface area contributed by atoms with Crippen molar-refractivity contribution < 1.29 is 23.2 Å². The molecule has 4 aromatic carbocycles. The SMILES string of the molecule is CCOc1cc(C=Nn2c(-c3cc4ccccc4o3)nc3ccccc3c2=O)cc([N+](=O)[O-])c1OCc1ccc(F)cc1. The number of halogens is 1. The van der Waals surface area contributed by atoms with Crippen molar-refractivity contribution in [2.75, 3.05) is 6.61 Å². The number of hydrogen-bond acceptors (Lipinski definition) is 8. The molecule has 0 saturated heterocycles. The van der Waals surface area contributed by atoms with Crippen molar-refractivity contribution in [2.24, 2.45) is 5.10 Å². The first-order valence-corrected chi connectivity index (χ1v) is 13.3. The van der Waals surface area contributed by atoms with Gasteiger partial charge in [0.1, 0.15) is 18.0 Å². The normalized spacial score (nSPS) is 11.4. The van der Waals surface area contributed by atoms with E-state index in [4.69, 9.17) is 13.9 Å². The molecule has 2 aromatic heterocycles. The fourth-order valence-electron chi connectivity index (χ4n) is 4.57. The lowest BCUT2D eigenvalue weighted by Gasteiger charge is -2.13. The van der Waals surface area contributed by atoms with Crippen LogP contribution in [0.5, 0.6) is 11.5 Å². The summed E-state index contributed by atoms with van der Waals surface area (Å²) in [5, 5.41) is 17.7. The number of nitrogens with zero attached hydrogens (tertiary/aromatic N) is 4. The van der Waals surface area contributed by atoms with Crippen molar-refractivity contribution in [3.63, 3.8) is 0 Å². The zero-order valence-corrected chi connectivity index (χ0v) is 22.8. The second kappa shape index (κ2) is 11.6. The van der Waals surface area contributed by atoms with Crippen LogP contribution in [0.1, 0.15) is 18.1 Å². The summed E-state index contributed by atoms with van der Waals surface area (Å²) in [6, 6.07) is 24.4. The molecule has 0 aliphatic heterocycles. The van der Waals surface area contributed by atoms with Crippen molar-refractivity contribution in [2.45, 2.75) is 13.5 Å². The largest absolute Gasteiger partial charge is 0.490 e. The Kier molecular flexibility index (Phi) is 7.35. The predicted molar refractivity (Wildman–Crippen MR) is 159 cm³/mol. The predicted octanol–water partition coefficient (Wildman–Crippen LogP) is 6.72. The fraction of sp³-hybridized carbons (Fsp3) is 0.0938. The molecule has 0 aliphatic carbocycles. The lowest BCUT2D eigenvalue weighted by molar-refractivity contribution is -0.386. The Labute approximate surface area is 243 Å². The molecule has 0 radical (unpaired) electrons. The number of rotatable bonds is 9. The van der Waals surface area contributed by atoms with E-state index < -0.39 is 16.3 Å². The lowest BCUT2D eigenvalue weighted by Crippen LogP contribution is -2.20. The van der Waals surface area contributed by atoms with Gasteiger partial charge in [0.25, 0.3) is 5.56 Å². The number of aromatic nitrogens is 2. The fourth-order valence-corrected chi connectivity index (χ4v) is 4.57. The van der Waals surface area contributed by atoms with Gasteiger partial charge in [0.2, 0.25) is 11.6 Å². The van der Waals surface area contributed by atoms with Gasteiger partial charge in [-0.05, 0) is 55.0 Å². The highest BCUT2D eigenvalue weighted by Gasteiger charge is 2.23.